The highest BCUT2D eigenvalue weighted by Crippen LogP contribution is 2.38. The van der Waals surface area contributed by atoms with Gasteiger partial charge in [0.2, 0.25) is 0 Å². The second-order valence-electron chi connectivity index (χ2n) is 7.62. The summed E-state index contributed by atoms with van der Waals surface area (Å²) in [6, 6.07) is 10.7. The molecule has 0 atom stereocenters. The number of halogens is 1. The molecule has 1 saturated carbocycles. The molecular formula is C24H22FNO4S2. The summed E-state index contributed by atoms with van der Waals surface area (Å²) in [7, 11) is 1.45. The number of thioether (sulfide) groups is 1. The lowest BCUT2D eigenvalue weighted by Crippen LogP contribution is -2.39. The summed E-state index contributed by atoms with van der Waals surface area (Å²) in [5.74, 6) is -1.09. The third-order valence-electron chi connectivity index (χ3n) is 5.55. The molecule has 2 aromatic rings. The standard InChI is InChI=1S/C24H22FNO4S2/c1-29-20-13-15(11-12-19(20)30-23(28)17-9-5-6-10-18(17)25)14-21-22(27)26(24(31)32-21)16-7-3-2-4-8-16/h5-6,9-14,16H,2-4,7-8H2,1H3/b21-14+. The number of hydrogen-bond donors (Lipinski definition) is 0. The molecular weight excluding hydrogens is 449 g/mol. The van der Waals surface area contributed by atoms with Crippen LogP contribution in [0.15, 0.2) is 47.4 Å². The molecule has 0 N–H and O–H groups in total. The molecule has 0 radical (unpaired) electrons. The van der Waals surface area contributed by atoms with Crippen LogP contribution in [0.4, 0.5) is 4.39 Å². The van der Waals surface area contributed by atoms with E-state index >= 15 is 0 Å². The Balaban J connectivity index is 1.53. The van der Waals surface area contributed by atoms with Crippen molar-refractivity contribution in [1.29, 1.82) is 0 Å². The van der Waals surface area contributed by atoms with Crippen molar-refractivity contribution >= 4 is 46.3 Å². The van der Waals surface area contributed by atoms with Gasteiger partial charge in [0.15, 0.2) is 11.5 Å². The van der Waals surface area contributed by atoms with Crippen LogP contribution >= 0.6 is 24.0 Å². The minimum Gasteiger partial charge on any atom is -0.493 e. The number of carbonyl (C=O) groups is 2. The van der Waals surface area contributed by atoms with Crippen molar-refractivity contribution in [1.82, 2.24) is 4.90 Å². The van der Waals surface area contributed by atoms with E-state index in [4.69, 9.17) is 21.7 Å². The van der Waals surface area contributed by atoms with E-state index in [-0.39, 0.29) is 23.3 Å². The summed E-state index contributed by atoms with van der Waals surface area (Å²) >= 11 is 6.78. The number of ether oxygens (including phenoxy) is 2. The Morgan fingerprint density at radius 2 is 1.91 bits per heavy atom. The van der Waals surface area contributed by atoms with Gasteiger partial charge in [-0.1, -0.05) is 61.4 Å². The average molecular weight is 472 g/mol. The fourth-order valence-corrected chi connectivity index (χ4v) is 5.33. The van der Waals surface area contributed by atoms with Crippen molar-refractivity contribution in [3.63, 3.8) is 0 Å². The van der Waals surface area contributed by atoms with E-state index in [1.807, 2.05) is 0 Å². The summed E-state index contributed by atoms with van der Waals surface area (Å²) in [5.41, 5.74) is 0.543. The van der Waals surface area contributed by atoms with Gasteiger partial charge >= 0.3 is 5.97 Å². The Labute approximate surface area is 195 Å². The zero-order valence-corrected chi connectivity index (χ0v) is 19.1. The smallest absolute Gasteiger partial charge is 0.346 e. The topological polar surface area (TPSA) is 55.8 Å². The van der Waals surface area contributed by atoms with Crippen LogP contribution in [0.25, 0.3) is 6.08 Å². The maximum atomic E-state index is 13.9. The Kier molecular flexibility index (Phi) is 6.91. The number of esters is 1. The van der Waals surface area contributed by atoms with Crippen molar-refractivity contribution in [2.45, 2.75) is 38.1 Å². The molecule has 1 aliphatic carbocycles. The molecule has 1 saturated heterocycles. The molecule has 4 rings (SSSR count). The molecule has 166 valence electrons. The molecule has 1 amide bonds. The van der Waals surface area contributed by atoms with Gasteiger partial charge < -0.3 is 9.47 Å². The molecule has 0 spiro atoms. The summed E-state index contributed by atoms with van der Waals surface area (Å²) in [4.78, 5) is 27.6. The van der Waals surface area contributed by atoms with Crippen molar-refractivity contribution in [3.8, 4) is 11.5 Å². The number of methoxy groups -OCH3 is 1. The fraction of sp³-hybridized carbons (Fsp3) is 0.292. The highest BCUT2D eigenvalue weighted by atomic mass is 32.2. The number of rotatable bonds is 5. The maximum absolute atomic E-state index is 13.9. The van der Waals surface area contributed by atoms with Gasteiger partial charge in [0.05, 0.1) is 17.6 Å². The number of benzene rings is 2. The highest BCUT2D eigenvalue weighted by Gasteiger charge is 2.37. The van der Waals surface area contributed by atoms with Gasteiger partial charge in [0.25, 0.3) is 5.91 Å². The Bertz CT molecular complexity index is 1100. The van der Waals surface area contributed by atoms with Gasteiger partial charge in [-0.25, -0.2) is 9.18 Å². The van der Waals surface area contributed by atoms with E-state index in [2.05, 4.69) is 0 Å². The van der Waals surface area contributed by atoms with Crippen molar-refractivity contribution < 1.29 is 23.5 Å². The Morgan fingerprint density at radius 3 is 2.62 bits per heavy atom. The highest BCUT2D eigenvalue weighted by molar-refractivity contribution is 8.26. The minimum atomic E-state index is -0.817. The average Bonchev–Trinajstić information content (AvgIpc) is 3.08. The summed E-state index contributed by atoms with van der Waals surface area (Å²) in [5, 5.41) is 0. The van der Waals surface area contributed by atoms with Crippen molar-refractivity contribution in [2.24, 2.45) is 0 Å². The van der Waals surface area contributed by atoms with Crippen LogP contribution in [-0.2, 0) is 4.79 Å². The van der Waals surface area contributed by atoms with Gasteiger partial charge in [-0.3, -0.25) is 9.69 Å². The molecule has 1 heterocycles. The third kappa shape index (κ3) is 4.71. The Morgan fingerprint density at radius 1 is 1.16 bits per heavy atom. The normalized spacial score (nSPS) is 18.3. The van der Waals surface area contributed by atoms with Crippen molar-refractivity contribution in [3.05, 3.63) is 64.3 Å². The van der Waals surface area contributed by atoms with Crippen molar-refractivity contribution in [2.75, 3.05) is 7.11 Å². The summed E-state index contributed by atoms with van der Waals surface area (Å²) < 4.78 is 25.1. The molecule has 8 heteroatoms. The molecule has 32 heavy (non-hydrogen) atoms. The zero-order chi connectivity index (χ0) is 22.7. The van der Waals surface area contributed by atoms with Crippen LogP contribution < -0.4 is 9.47 Å². The van der Waals surface area contributed by atoms with E-state index in [0.29, 0.717) is 20.5 Å². The minimum absolute atomic E-state index is 0.0686. The number of nitrogens with zero attached hydrogens (tertiary/aromatic N) is 1. The molecule has 2 aliphatic rings. The van der Waals surface area contributed by atoms with Crippen LogP contribution in [-0.4, -0.2) is 34.2 Å². The number of amides is 1. The van der Waals surface area contributed by atoms with E-state index in [0.717, 1.165) is 25.7 Å². The lowest BCUT2D eigenvalue weighted by Gasteiger charge is -2.29. The predicted octanol–water partition coefficient (Wildman–Crippen LogP) is 5.59. The lowest BCUT2D eigenvalue weighted by atomic mass is 9.94. The summed E-state index contributed by atoms with van der Waals surface area (Å²) in [6.07, 6.45) is 7.16. The molecule has 5 nitrogen and oxygen atoms in total. The van der Waals surface area contributed by atoms with Crippen LogP contribution in [0, 0.1) is 5.82 Å². The first kappa shape index (κ1) is 22.5. The van der Waals surface area contributed by atoms with E-state index in [9.17, 15) is 14.0 Å². The number of carbonyl (C=O) groups excluding carboxylic acids is 2. The molecule has 2 fully saturated rings. The van der Waals surface area contributed by atoms with Gasteiger partial charge in [-0.2, -0.15) is 0 Å². The third-order valence-corrected chi connectivity index (χ3v) is 6.88. The zero-order valence-electron chi connectivity index (χ0n) is 17.5. The molecule has 0 bridgehead atoms. The monoisotopic (exact) mass is 471 g/mol. The van der Waals surface area contributed by atoms with Gasteiger partial charge in [0, 0.05) is 6.04 Å². The van der Waals surface area contributed by atoms with Crippen LogP contribution in [0.1, 0.15) is 48.0 Å². The Hall–Kier alpha value is -2.71. The fourth-order valence-electron chi connectivity index (χ4n) is 3.93. The first-order valence-corrected chi connectivity index (χ1v) is 11.6. The molecule has 0 aromatic heterocycles. The molecule has 2 aromatic carbocycles. The first-order valence-electron chi connectivity index (χ1n) is 10.4. The van der Waals surface area contributed by atoms with Gasteiger partial charge in [-0.15, -0.1) is 0 Å². The lowest BCUT2D eigenvalue weighted by molar-refractivity contribution is -0.124. The first-order chi connectivity index (χ1) is 15.5. The molecule has 0 unspecified atom stereocenters. The van der Waals surface area contributed by atoms with Crippen LogP contribution in [0.2, 0.25) is 0 Å². The SMILES string of the molecule is COc1cc(/C=C2/SC(=S)N(C3CCCCC3)C2=O)ccc1OC(=O)c1ccccc1F. The number of hydrogen-bond acceptors (Lipinski definition) is 6. The van der Waals surface area contributed by atoms with Gasteiger partial charge in [-0.05, 0) is 48.7 Å². The largest absolute Gasteiger partial charge is 0.493 e. The van der Waals surface area contributed by atoms with Crippen LogP contribution in [0.5, 0.6) is 11.5 Å². The van der Waals surface area contributed by atoms with E-state index < -0.39 is 11.8 Å². The second-order valence-corrected chi connectivity index (χ2v) is 9.30. The van der Waals surface area contributed by atoms with E-state index in [1.165, 1.54) is 43.5 Å². The summed E-state index contributed by atoms with van der Waals surface area (Å²) in [6.45, 7) is 0. The second kappa shape index (κ2) is 9.83. The quantitative estimate of drug-likeness (QED) is 0.245. The maximum Gasteiger partial charge on any atom is 0.346 e. The molecule has 1 aliphatic heterocycles. The van der Waals surface area contributed by atoms with E-state index in [1.54, 1.807) is 35.2 Å². The van der Waals surface area contributed by atoms with Crippen LogP contribution in [0.3, 0.4) is 0 Å². The van der Waals surface area contributed by atoms with Gasteiger partial charge in [0.1, 0.15) is 10.1 Å². The number of thiocarbonyl (C=S) groups is 1. The predicted molar refractivity (Wildman–Crippen MR) is 126 cm³/mol.